The predicted molar refractivity (Wildman–Crippen MR) is 78.0 cm³/mol. The minimum atomic E-state index is 0.436. The fraction of sp³-hybridized carbons (Fsp3) is 0.600. The van der Waals surface area contributed by atoms with Crippen LogP contribution in [-0.4, -0.2) is 25.0 Å². The van der Waals surface area contributed by atoms with Crippen molar-refractivity contribution in [2.45, 2.75) is 32.9 Å². The molecule has 0 saturated carbocycles. The van der Waals surface area contributed by atoms with E-state index in [4.69, 9.17) is 11.6 Å². The van der Waals surface area contributed by atoms with E-state index in [1.807, 2.05) is 6.07 Å². The van der Waals surface area contributed by atoms with Crippen LogP contribution in [0.2, 0.25) is 5.02 Å². The molecule has 1 N–H and O–H groups in total. The lowest BCUT2D eigenvalue weighted by atomic mass is 9.99. The molecule has 1 aromatic rings. The first-order chi connectivity index (χ1) is 8.56. The fourth-order valence-electron chi connectivity index (χ4n) is 2.50. The number of benzene rings is 1. The van der Waals surface area contributed by atoms with Gasteiger partial charge < -0.3 is 10.2 Å². The summed E-state index contributed by atoms with van der Waals surface area (Å²) in [4.78, 5) is 2.38. The van der Waals surface area contributed by atoms with Crippen molar-refractivity contribution in [1.29, 1.82) is 0 Å². The van der Waals surface area contributed by atoms with E-state index in [2.05, 4.69) is 43.2 Å². The summed E-state index contributed by atoms with van der Waals surface area (Å²) >= 11 is 6.15. The van der Waals surface area contributed by atoms with Crippen molar-refractivity contribution in [2.24, 2.45) is 5.92 Å². The van der Waals surface area contributed by atoms with Crippen LogP contribution in [0.5, 0.6) is 0 Å². The van der Waals surface area contributed by atoms with Gasteiger partial charge in [0.1, 0.15) is 0 Å². The van der Waals surface area contributed by atoms with Gasteiger partial charge in [-0.25, -0.2) is 0 Å². The van der Waals surface area contributed by atoms with Gasteiger partial charge in [-0.3, -0.25) is 0 Å². The van der Waals surface area contributed by atoms with Gasteiger partial charge in [0.2, 0.25) is 0 Å². The van der Waals surface area contributed by atoms with Crippen LogP contribution in [0.4, 0.5) is 0 Å². The molecule has 0 spiro atoms. The van der Waals surface area contributed by atoms with E-state index in [1.54, 1.807) is 0 Å². The highest BCUT2D eigenvalue weighted by Gasteiger charge is 2.20. The molecule has 1 unspecified atom stereocenters. The highest BCUT2D eigenvalue weighted by Crippen LogP contribution is 2.28. The minimum Gasteiger partial charge on any atom is -0.310 e. The first-order valence-corrected chi connectivity index (χ1v) is 7.14. The monoisotopic (exact) mass is 266 g/mol. The molecule has 1 heterocycles. The molecule has 0 radical (unpaired) electrons. The summed E-state index contributed by atoms with van der Waals surface area (Å²) in [5.41, 5.74) is 2.79. The first-order valence-electron chi connectivity index (χ1n) is 6.76. The van der Waals surface area contributed by atoms with Crippen LogP contribution >= 0.6 is 11.6 Å². The summed E-state index contributed by atoms with van der Waals surface area (Å²) in [5.74, 6) is 0.675. The molecule has 0 amide bonds. The molecular weight excluding hydrogens is 244 g/mol. The van der Waals surface area contributed by atoms with E-state index in [0.717, 1.165) is 31.1 Å². The Kier molecular flexibility index (Phi) is 4.66. The lowest BCUT2D eigenvalue weighted by Crippen LogP contribution is -2.27. The third-order valence-electron chi connectivity index (χ3n) is 3.50. The second-order valence-electron chi connectivity index (χ2n) is 5.72. The summed E-state index contributed by atoms with van der Waals surface area (Å²) in [6.07, 6.45) is 1.15. The summed E-state index contributed by atoms with van der Waals surface area (Å²) in [6, 6.07) is 6.74. The van der Waals surface area contributed by atoms with Crippen molar-refractivity contribution < 1.29 is 0 Å². The van der Waals surface area contributed by atoms with Crippen molar-refractivity contribution in [2.75, 3.05) is 20.1 Å². The Balaban J connectivity index is 2.23. The summed E-state index contributed by atoms with van der Waals surface area (Å²) in [6.45, 7) is 7.69. The van der Waals surface area contributed by atoms with Crippen LogP contribution in [-0.2, 0) is 6.54 Å². The Morgan fingerprint density at radius 1 is 1.44 bits per heavy atom. The third-order valence-corrected chi connectivity index (χ3v) is 3.73. The number of nitrogens with zero attached hydrogens (tertiary/aromatic N) is 1. The van der Waals surface area contributed by atoms with E-state index in [-0.39, 0.29) is 0 Å². The molecule has 2 rings (SSSR count). The van der Waals surface area contributed by atoms with Gasteiger partial charge in [-0.1, -0.05) is 31.5 Å². The minimum absolute atomic E-state index is 0.436. The van der Waals surface area contributed by atoms with Crippen molar-refractivity contribution in [3.05, 3.63) is 34.3 Å². The van der Waals surface area contributed by atoms with Gasteiger partial charge in [-0.15, -0.1) is 0 Å². The maximum absolute atomic E-state index is 6.15. The predicted octanol–water partition coefficient (Wildman–Crippen LogP) is 3.46. The van der Waals surface area contributed by atoms with Gasteiger partial charge in [-0.2, -0.15) is 0 Å². The Morgan fingerprint density at radius 2 is 2.22 bits per heavy atom. The number of fused-ring (bicyclic) bond motifs is 1. The van der Waals surface area contributed by atoms with Gasteiger partial charge in [0.15, 0.2) is 0 Å². The zero-order chi connectivity index (χ0) is 13.1. The molecule has 1 aromatic carbocycles. The van der Waals surface area contributed by atoms with Gasteiger partial charge in [0.25, 0.3) is 0 Å². The van der Waals surface area contributed by atoms with E-state index in [0.29, 0.717) is 12.0 Å². The van der Waals surface area contributed by atoms with Crippen LogP contribution in [0.1, 0.15) is 37.4 Å². The summed E-state index contributed by atoms with van der Waals surface area (Å²) in [7, 11) is 2.18. The smallest absolute Gasteiger partial charge is 0.0409 e. The van der Waals surface area contributed by atoms with E-state index in [1.165, 1.54) is 11.1 Å². The van der Waals surface area contributed by atoms with Gasteiger partial charge in [0.05, 0.1) is 0 Å². The maximum Gasteiger partial charge on any atom is 0.0409 e. The lowest BCUT2D eigenvalue weighted by Gasteiger charge is -2.20. The van der Waals surface area contributed by atoms with E-state index >= 15 is 0 Å². The Labute approximate surface area is 115 Å². The van der Waals surface area contributed by atoms with Crippen molar-refractivity contribution >= 4 is 11.6 Å². The molecule has 0 aliphatic carbocycles. The van der Waals surface area contributed by atoms with E-state index < -0.39 is 0 Å². The van der Waals surface area contributed by atoms with Crippen LogP contribution in [0, 0.1) is 5.92 Å². The number of nitrogens with one attached hydrogen (secondary N) is 1. The van der Waals surface area contributed by atoms with Gasteiger partial charge >= 0.3 is 0 Å². The standard InChI is InChI=1S/C15H23ClN2/c1-11(2)9-17-15-6-7-18(3)10-12-4-5-13(16)8-14(12)15/h4-5,8,11,15,17H,6-7,9-10H2,1-3H3. The lowest BCUT2D eigenvalue weighted by molar-refractivity contribution is 0.315. The van der Waals surface area contributed by atoms with Gasteiger partial charge in [-0.05, 0) is 55.7 Å². The third kappa shape index (κ3) is 3.47. The molecule has 18 heavy (non-hydrogen) atoms. The number of halogens is 1. The molecule has 1 aliphatic heterocycles. The summed E-state index contributed by atoms with van der Waals surface area (Å²) in [5, 5.41) is 4.52. The van der Waals surface area contributed by atoms with Crippen LogP contribution in [0.15, 0.2) is 18.2 Å². The largest absolute Gasteiger partial charge is 0.310 e. The topological polar surface area (TPSA) is 15.3 Å². The van der Waals surface area contributed by atoms with Crippen molar-refractivity contribution in [1.82, 2.24) is 10.2 Å². The number of hydrogen-bond acceptors (Lipinski definition) is 2. The van der Waals surface area contributed by atoms with Gasteiger partial charge in [0, 0.05) is 17.6 Å². The van der Waals surface area contributed by atoms with Crippen LogP contribution < -0.4 is 5.32 Å². The molecule has 0 saturated heterocycles. The highest BCUT2D eigenvalue weighted by molar-refractivity contribution is 6.30. The molecule has 0 aromatic heterocycles. The Bertz CT molecular complexity index is 403. The fourth-order valence-corrected chi connectivity index (χ4v) is 2.68. The zero-order valence-electron chi connectivity index (χ0n) is 11.5. The number of rotatable bonds is 3. The quantitative estimate of drug-likeness (QED) is 0.901. The zero-order valence-corrected chi connectivity index (χ0v) is 12.3. The average molecular weight is 267 g/mol. The van der Waals surface area contributed by atoms with Crippen molar-refractivity contribution in [3.63, 3.8) is 0 Å². The van der Waals surface area contributed by atoms with Crippen LogP contribution in [0.3, 0.4) is 0 Å². The van der Waals surface area contributed by atoms with Crippen LogP contribution in [0.25, 0.3) is 0 Å². The molecule has 0 bridgehead atoms. The first kappa shape index (κ1) is 13.9. The molecule has 0 fully saturated rings. The maximum atomic E-state index is 6.15. The molecular formula is C15H23ClN2. The molecule has 3 heteroatoms. The molecule has 1 atom stereocenters. The second-order valence-corrected chi connectivity index (χ2v) is 6.16. The SMILES string of the molecule is CC(C)CNC1CCN(C)Cc2ccc(Cl)cc21. The highest BCUT2D eigenvalue weighted by atomic mass is 35.5. The van der Waals surface area contributed by atoms with E-state index in [9.17, 15) is 0 Å². The summed E-state index contributed by atoms with van der Waals surface area (Å²) < 4.78 is 0. The second kappa shape index (κ2) is 6.05. The molecule has 2 nitrogen and oxygen atoms in total. The molecule has 100 valence electrons. The van der Waals surface area contributed by atoms with Crippen molar-refractivity contribution in [3.8, 4) is 0 Å². The Morgan fingerprint density at radius 3 is 2.94 bits per heavy atom. The number of hydrogen-bond donors (Lipinski definition) is 1. The molecule has 1 aliphatic rings. The Hall–Kier alpha value is -0.570. The normalized spacial score (nSPS) is 20.8. The average Bonchev–Trinajstić information content (AvgIpc) is 2.45.